The van der Waals surface area contributed by atoms with Gasteiger partial charge in [0.05, 0.1) is 24.1 Å². The molecule has 0 amide bonds. The van der Waals surface area contributed by atoms with Crippen LogP contribution in [0.5, 0.6) is 11.5 Å². The molecule has 8 nitrogen and oxygen atoms in total. The van der Waals surface area contributed by atoms with Crippen molar-refractivity contribution >= 4 is 28.2 Å². The van der Waals surface area contributed by atoms with E-state index in [9.17, 15) is 9.59 Å². The molecule has 2 heterocycles. The quantitative estimate of drug-likeness (QED) is 0.499. The lowest BCUT2D eigenvalue weighted by atomic mass is 10.2. The zero-order chi connectivity index (χ0) is 24.1. The number of aromatic amines is 1. The summed E-state index contributed by atoms with van der Waals surface area (Å²) < 4.78 is 12.5. The highest BCUT2D eigenvalue weighted by Gasteiger charge is 2.18. The number of ether oxygens (including phenoxy) is 2. The number of piperazine rings is 1. The summed E-state index contributed by atoms with van der Waals surface area (Å²) in [6, 6.07) is 11.2. The van der Waals surface area contributed by atoms with E-state index >= 15 is 0 Å². The largest absolute Gasteiger partial charge is 0.490 e. The van der Waals surface area contributed by atoms with E-state index in [0.29, 0.717) is 48.6 Å². The average molecular weight is 487 g/mol. The Bertz CT molecular complexity index is 1250. The van der Waals surface area contributed by atoms with Crippen LogP contribution in [0.2, 0.25) is 5.02 Å². The number of fused-ring (bicyclic) bond motifs is 1. The molecular formula is C25H31ClN4O4. The third kappa shape index (κ3) is 5.39. The second-order valence-corrected chi connectivity index (χ2v) is 8.70. The van der Waals surface area contributed by atoms with Gasteiger partial charge >= 0.3 is 5.69 Å². The van der Waals surface area contributed by atoms with Crippen molar-refractivity contribution in [3.8, 4) is 11.5 Å². The molecule has 1 aliphatic rings. The van der Waals surface area contributed by atoms with Crippen LogP contribution in [0.15, 0.2) is 46.0 Å². The van der Waals surface area contributed by atoms with Crippen molar-refractivity contribution in [1.82, 2.24) is 14.5 Å². The normalized spacial score (nSPS) is 14.5. The molecule has 1 aromatic heterocycles. The third-order valence-corrected chi connectivity index (χ3v) is 6.28. The predicted molar refractivity (Wildman–Crippen MR) is 136 cm³/mol. The van der Waals surface area contributed by atoms with Crippen LogP contribution in [0, 0.1) is 0 Å². The van der Waals surface area contributed by atoms with Gasteiger partial charge in [0.1, 0.15) is 0 Å². The summed E-state index contributed by atoms with van der Waals surface area (Å²) in [5, 5.41) is 1.16. The second-order valence-electron chi connectivity index (χ2n) is 8.26. The molecule has 0 atom stereocenters. The summed E-state index contributed by atoms with van der Waals surface area (Å²) in [4.78, 5) is 33.3. The number of nitrogens with zero attached hydrogens (tertiary/aromatic N) is 3. The molecule has 9 heteroatoms. The number of nitrogens with one attached hydrogen (secondary N) is 1. The highest BCUT2D eigenvalue weighted by molar-refractivity contribution is 6.30. The Hall–Kier alpha value is -2.97. The van der Waals surface area contributed by atoms with Gasteiger partial charge in [-0.05, 0) is 51.1 Å². The van der Waals surface area contributed by atoms with E-state index in [1.54, 1.807) is 12.1 Å². The first-order valence-corrected chi connectivity index (χ1v) is 12.2. The first-order valence-electron chi connectivity index (χ1n) is 11.8. The van der Waals surface area contributed by atoms with Gasteiger partial charge in [0, 0.05) is 49.5 Å². The smallest absolute Gasteiger partial charge is 0.328 e. The predicted octanol–water partition coefficient (Wildman–Crippen LogP) is 3.35. The van der Waals surface area contributed by atoms with Crippen LogP contribution in [0.1, 0.15) is 20.3 Å². The van der Waals surface area contributed by atoms with Gasteiger partial charge in [-0.15, -0.1) is 0 Å². The van der Waals surface area contributed by atoms with Gasteiger partial charge in [0.2, 0.25) is 0 Å². The zero-order valence-electron chi connectivity index (χ0n) is 19.7. The van der Waals surface area contributed by atoms with Crippen LogP contribution in [0.3, 0.4) is 0 Å². The molecule has 4 rings (SSSR count). The first-order chi connectivity index (χ1) is 16.5. The number of hydrogen-bond acceptors (Lipinski definition) is 6. The number of halogens is 1. The minimum absolute atomic E-state index is 0.312. The monoisotopic (exact) mass is 486 g/mol. The van der Waals surface area contributed by atoms with Crippen LogP contribution < -0.4 is 25.6 Å². The molecule has 3 aromatic rings. The molecule has 1 N–H and O–H groups in total. The summed E-state index contributed by atoms with van der Waals surface area (Å²) >= 11 is 6.12. The Kier molecular flexibility index (Phi) is 7.80. The van der Waals surface area contributed by atoms with Gasteiger partial charge in [-0.25, -0.2) is 4.79 Å². The molecule has 0 unspecified atom stereocenters. The van der Waals surface area contributed by atoms with E-state index in [1.807, 2.05) is 32.0 Å². The van der Waals surface area contributed by atoms with Crippen molar-refractivity contribution in [2.75, 3.05) is 50.8 Å². The van der Waals surface area contributed by atoms with E-state index in [1.165, 1.54) is 4.57 Å². The van der Waals surface area contributed by atoms with Gasteiger partial charge in [-0.1, -0.05) is 17.7 Å². The molecule has 182 valence electrons. The third-order valence-electron chi connectivity index (χ3n) is 6.05. The Morgan fingerprint density at radius 3 is 2.32 bits per heavy atom. The van der Waals surface area contributed by atoms with Crippen LogP contribution in [-0.4, -0.2) is 60.4 Å². The highest BCUT2D eigenvalue weighted by atomic mass is 35.5. The SMILES string of the molecule is CCOc1cc2[nH]c(=O)n(CCCN3CCN(c4cccc(Cl)c4)CC3)c(=O)c2cc1OCC. The van der Waals surface area contributed by atoms with Gasteiger partial charge < -0.3 is 19.4 Å². The van der Waals surface area contributed by atoms with Crippen molar-refractivity contribution in [3.63, 3.8) is 0 Å². The molecule has 0 aliphatic carbocycles. The van der Waals surface area contributed by atoms with Crippen molar-refractivity contribution < 1.29 is 9.47 Å². The number of anilines is 1. The van der Waals surface area contributed by atoms with Gasteiger partial charge in [-0.3, -0.25) is 14.3 Å². The van der Waals surface area contributed by atoms with Gasteiger partial charge in [0.25, 0.3) is 5.56 Å². The molecule has 0 spiro atoms. The van der Waals surface area contributed by atoms with Crippen molar-refractivity contribution in [2.24, 2.45) is 0 Å². The molecule has 0 saturated carbocycles. The van der Waals surface area contributed by atoms with E-state index in [2.05, 4.69) is 20.9 Å². The fourth-order valence-electron chi connectivity index (χ4n) is 4.36. The lowest BCUT2D eigenvalue weighted by Crippen LogP contribution is -2.47. The molecule has 0 bridgehead atoms. The van der Waals surface area contributed by atoms with E-state index < -0.39 is 5.69 Å². The maximum absolute atomic E-state index is 13.1. The Labute approximate surface area is 203 Å². The van der Waals surface area contributed by atoms with Crippen molar-refractivity contribution in [3.05, 3.63) is 62.3 Å². The van der Waals surface area contributed by atoms with E-state index in [-0.39, 0.29) is 5.56 Å². The Balaban J connectivity index is 1.41. The topological polar surface area (TPSA) is 79.8 Å². The molecule has 1 fully saturated rings. The van der Waals surface area contributed by atoms with Crippen LogP contribution in [0.4, 0.5) is 5.69 Å². The molecular weight excluding hydrogens is 456 g/mol. The molecule has 34 heavy (non-hydrogen) atoms. The van der Waals surface area contributed by atoms with Gasteiger partial charge in [-0.2, -0.15) is 0 Å². The maximum Gasteiger partial charge on any atom is 0.328 e. The minimum atomic E-state index is -0.408. The Morgan fingerprint density at radius 2 is 1.65 bits per heavy atom. The highest BCUT2D eigenvalue weighted by Crippen LogP contribution is 2.30. The summed E-state index contributed by atoms with van der Waals surface area (Å²) in [5.41, 5.74) is 0.874. The number of benzene rings is 2. The summed E-state index contributed by atoms with van der Waals surface area (Å²) in [7, 11) is 0. The summed E-state index contributed by atoms with van der Waals surface area (Å²) in [5.74, 6) is 1.02. The minimum Gasteiger partial charge on any atom is -0.490 e. The average Bonchev–Trinajstić information content (AvgIpc) is 2.83. The van der Waals surface area contributed by atoms with Crippen LogP contribution >= 0.6 is 11.6 Å². The fraction of sp³-hybridized carbons (Fsp3) is 0.440. The summed E-state index contributed by atoms with van der Waals surface area (Å²) in [6.45, 7) is 9.52. The van der Waals surface area contributed by atoms with Crippen LogP contribution in [0.25, 0.3) is 10.9 Å². The lowest BCUT2D eigenvalue weighted by molar-refractivity contribution is 0.249. The van der Waals surface area contributed by atoms with Crippen LogP contribution in [-0.2, 0) is 6.54 Å². The molecule has 2 aromatic carbocycles. The van der Waals surface area contributed by atoms with Crippen molar-refractivity contribution in [2.45, 2.75) is 26.8 Å². The fourth-order valence-corrected chi connectivity index (χ4v) is 4.54. The first kappa shape index (κ1) is 24.2. The maximum atomic E-state index is 13.1. The standard InChI is InChI=1S/C25H31ClN4O4/c1-3-33-22-16-20-21(17-23(22)34-4-2)27-25(32)30(24(20)31)10-6-9-28-11-13-29(14-12-28)19-8-5-7-18(26)15-19/h5,7-8,15-17H,3-4,6,9-14H2,1-2H3,(H,27,32). The van der Waals surface area contributed by atoms with E-state index in [4.69, 9.17) is 21.1 Å². The van der Waals surface area contributed by atoms with E-state index in [0.717, 1.165) is 43.4 Å². The Morgan fingerprint density at radius 1 is 0.941 bits per heavy atom. The number of aromatic nitrogens is 2. The van der Waals surface area contributed by atoms with Crippen molar-refractivity contribution in [1.29, 1.82) is 0 Å². The number of hydrogen-bond donors (Lipinski definition) is 1. The molecule has 0 radical (unpaired) electrons. The number of H-pyrrole nitrogens is 1. The number of rotatable bonds is 9. The summed E-state index contributed by atoms with van der Waals surface area (Å²) in [6.07, 6.45) is 0.709. The van der Waals surface area contributed by atoms with Gasteiger partial charge in [0.15, 0.2) is 11.5 Å². The molecule has 1 saturated heterocycles. The molecule has 1 aliphatic heterocycles. The second kappa shape index (κ2) is 11.0. The lowest BCUT2D eigenvalue weighted by Gasteiger charge is -2.36. The zero-order valence-corrected chi connectivity index (χ0v) is 20.4.